The standard InChI is InChI=1S/C16H19ClN4O4S/c1-5-6-25-16(24)9-7(2)12(13(18)22)26-15(9)19-14(23)11-10(17)8(3)21(4)20-11/h5-6H2,1-4H3,(H2,18,22)(H,19,23). The van der Waals surface area contributed by atoms with E-state index < -0.39 is 17.8 Å². The number of nitrogens with one attached hydrogen (secondary N) is 1. The molecule has 8 nitrogen and oxygen atoms in total. The van der Waals surface area contributed by atoms with Crippen LogP contribution in [0.3, 0.4) is 0 Å². The average Bonchev–Trinajstić information content (AvgIpc) is 3.04. The van der Waals surface area contributed by atoms with Gasteiger partial charge in [0.1, 0.15) is 5.00 Å². The summed E-state index contributed by atoms with van der Waals surface area (Å²) < 4.78 is 6.62. The van der Waals surface area contributed by atoms with E-state index >= 15 is 0 Å². The van der Waals surface area contributed by atoms with Crippen molar-refractivity contribution in [3.05, 3.63) is 32.4 Å². The van der Waals surface area contributed by atoms with Gasteiger partial charge in [0.15, 0.2) is 5.69 Å². The molecule has 0 aliphatic rings. The van der Waals surface area contributed by atoms with E-state index in [4.69, 9.17) is 22.1 Å². The zero-order chi connectivity index (χ0) is 19.6. The highest BCUT2D eigenvalue weighted by molar-refractivity contribution is 7.18. The minimum Gasteiger partial charge on any atom is -0.462 e. The van der Waals surface area contributed by atoms with Gasteiger partial charge in [0, 0.05) is 7.05 Å². The lowest BCUT2D eigenvalue weighted by Crippen LogP contribution is -2.16. The van der Waals surface area contributed by atoms with Gasteiger partial charge in [-0.15, -0.1) is 11.3 Å². The molecule has 0 saturated carbocycles. The number of aromatic nitrogens is 2. The number of amides is 2. The highest BCUT2D eigenvalue weighted by Crippen LogP contribution is 2.34. The third-order valence-corrected chi connectivity index (χ3v) is 5.39. The SMILES string of the molecule is CCCOC(=O)c1c(NC(=O)c2nn(C)c(C)c2Cl)sc(C(N)=O)c1C. The van der Waals surface area contributed by atoms with E-state index in [0.717, 1.165) is 11.3 Å². The number of primary amides is 1. The number of carbonyl (C=O) groups excluding carboxylic acids is 3. The highest BCUT2D eigenvalue weighted by Gasteiger charge is 2.27. The summed E-state index contributed by atoms with van der Waals surface area (Å²) in [6.45, 7) is 5.38. The fourth-order valence-corrected chi connectivity index (χ4v) is 3.53. The van der Waals surface area contributed by atoms with Crippen LogP contribution in [0.4, 0.5) is 5.00 Å². The fourth-order valence-electron chi connectivity index (χ4n) is 2.24. The summed E-state index contributed by atoms with van der Waals surface area (Å²) in [5.41, 5.74) is 6.47. The molecule has 0 bridgehead atoms. The van der Waals surface area contributed by atoms with Crippen molar-refractivity contribution in [1.82, 2.24) is 9.78 Å². The molecule has 140 valence electrons. The Bertz CT molecular complexity index is 887. The maximum Gasteiger partial charge on any atom is 0.341 e. The van der Waals surface area contributed by atoms with Crippen molar-refractivity contribution in [3.63, 3.8) is 0 Å². The Labute approximate surface area is 159 Å². The van der Waals surface area contributed by atoms with Crippen molar-refractivity contribution in [2.45, 2.75) is 27.2 Å². The number of hydrogen-bond donors (Lipinski definition) is 2. The van der Waals surface area contributed by atoms with E-state index in [1.165, 1.54) is 4.68 Å². The number of nitrogens with two attached hydrogens (primary N) is 1. The maximum atomic E-state index is 12.5. The van der Waals surface area contributed by atoms with Gasteiger partial charge >= 0.3 is 5.97 Å². The second kappa shape index (κ2) is 7.88. The first-order valence-electron chi connectivity index (χ1n) is 7.79. The van der Waals surface area contributed by atoms with Crippen molar-refractivity contribution < 1.29 is 19.1 Å². The molecule has 0 atom stereocenters. The Morgan fingerprint density at radius 2 is 2.00 bits per heavy atom. The normalized spacial score (nSPS) is 10.7. The van der Waals surface area contributed by atoms with E-state index in [0.29, 0.717) is 17.7 Å². The molecule has 0 spiro atoms. The van der Waals surface area contributed by atoms with Crippen molar-refractivity contribution >= 4 is 45.7 Å². The molecule has 0 aliphatic heterocycles. The van der Waals surface area contributed by atoms with Crippen LogP contribution in [-0.2, 0) is 11.8 Å². The first-order valence-corrected chi connectivity index (χ1v) is 8.99. The molecule has 26 heavy (non-hydrogen) atoms. The lowest BCUT2D eigenvalue weighted by molar-refractivity contribution is 0.0506. The van der Waals surface area contributed by atoms with Crippen LogP contribution in [0.5, 0.6) is 0 Å². The monoisotopic (exact) mass is 398 g/mol. The first kappa shape index (κ1) is 19.9. The lowest BCUT2D eigenvalue weighted by Gasteiger charge is -2.07. The molecule has 2 amide bonds. The van der Waals surface area contributed by atoms with Gasteiger partial charge in [0.25, 0.3) is 11.8 Å². The smallest absolute Gasteiger partial charge is 0.341 e. The van der Waals surface area contributed by atoms with Crippen LogP contribution in [0.15, 0.2) is 0 Å². The Kier molecular flexibility index (Phi) is 6.04. The van der Waals surface area contributed by atoms with E-state index in [1.54, 1.807) is 20.9 Å². The van der Waals surface area contributed by atoms with Gasteiger partial charge in [0.2, 0.25) is 0 Å². The molecule has 2 rings (SSSR count). The molecular formula is C16H19ClN4O4S. The van der Waals surface area contributed by atoms with Gasteiger partial charge in [0.05, 0.1) is 27.8 Å². The molecule has 3 N–H and O–H groups in total. The number of halogens is 1. The van der Waals surface area contributed by atoms with Gasteiger partial charge in [-0.25, -0.2) is 4.79 Å². The molecular weight excluding hydrogens is 380 g/mol. The number of nitrogens with zero attached hydrogens (tertiary/aromatic N) is 2. The zero-order valence-corrected chi connectivity index (χ0v) is 16.4. The van der Waals surface area contributed by atoms with E-state index in [1.807, 2.05) is 6.92 Å². The van der Waals surface area contributed by atoms with Crippen molar-refractivity contribution in [3.8, 4) is 0 Å². The predicted octanol–water partition coefficient (Wildman–Crippen LogP) is 2.67. The van der Waals surface area contributed by atoms with Crippen molar-refractivity contribution in [2.24, 2.45) is 12.8 Å². The minimum absolute atomic E-state index is 0.0196. The number of esters is 1. The third kappa shape index (κ3) is 3.73. The second-order valence-electron chi connectivity index (χ2n) is 5.59. The summed E-state index contributed by atoms with van der Waals surface area (Å²) in [4.78, 5) is 36.7. The molecule has 2 heterocycles. The first-order chi connectivity index (χ1) is 12.2. The Balaban J connectivity index is 2.42. The molecule has 0 saturated heterocycles. The number of hydrogen-bond acceptors (Lipinski definition) is 6. The summed E-state index contributed by atoms with van der Waals surface area (Å²) >= 11 is 7.04. The molecule has 0 radical (unpaired) electrons. The predicted molar refractivity (Wildman–Crippen MR) is 99.1 cm³/mol. The van der Waals surface area contributed by atoms with Gasteiger partial charge in [-0.1, -0.05) is 18.5 Å². The number of anilines is 1. The van der Waals surface area contributed by atoms with Crippen molar-refractivity contribution in [2.75, 3.05) is 11.9 Å². The molecule has 2 aromatic rings. The van der Waals surface area contributed by atoms with Gasteiger partial charge in [-0.2, -0.15) is 5.10 Å². The highest BCUT2D eigenvalue weighted by atomic mass is 35.5. The fraction of sp³-hybridized carbons (Fsp3) is 0.375. The van der Waals surface area contributed by atoms with Crippen LogP contribution in [0, 0.1) is 13.8 Å². The summed E-state index contributed by atoms with van der Waals surface area (Å²) in [5, 5.41) is 7.04. The number of aryl methyl sites for hydroxylation is 1. The zero-order valence-electron chi connectivity index (χ0n) is 14.8. The number of ether oxygens (including phenoxy) is 1. The molecule has 10 heteroatoms. The molecule has 2 aromatic heterocycles. The van der Waals surface area contributed by atoms with E-state index in [-0.39, 0.29) is 32.8 Å². The number of carbonyl (C=O) groups is 3. The van der Waals surface area contributed by atoms with Crippen LogP contribution in [0.25, 0.3) is 0 Å². The van der Waals surface area contributed by atoms with Crippen LogP contribution >= 0.6 is 22.9 Å². The summed E-state index contributed by atoms with van der Waals surface area (Å²) in [5.74, 6) is -1.92. The van der Waals surface area contributed by atoms with Crippen LogP contribution in [-0.4, -0.2) is 34.2 Å². The summed E-state index contributed by atoms with van der Waals surface area (Å²) in [6.07, 6.45) is 0.641. The third-order valence-electron chi connectivity index (χ3n) is 3.72. The van der Waals surface area contributed by atoms with E-state index in [2.05, 4.69) is 10.4 Å². The lowest BCUT2D eigenvalue weighted by atomic mass is 10.1. The number of thiophene rings is 1. The quantitative estimate of drug-likeness (QED) is 0.725. The van der Waals surface area contributed by atoms with Gasteiger partial charge in [-0.05, 0) is 25.8 Å². The van der Waals surface area contributed by atoms with Crippen LogP contribution in [0.2, 0.25) is 5.02 Å². The molecule has 0 fully saturated rings. The van der Waals surface area contributed by atoms with Crippen LogP contribution in [0.1, 0.15) is 55.1 Å². The second-order valence-corrected chi connectivity index (χ2v) is 6.98. The average molecular weight is 399 g/mol. The Hall–Kier alpha value is -2.39. The molecule has 0 unspecified atom stereocenters. The Morgan fingerprint density at radius 1 is 1.35 bits per heavy atom. The van der Waals surface area contributed by atoms with Gasteiger partial charge < -0.3 is 15.8 Å². The maximum absolute atomic E-state index is 12.5. The summed E-state index contributed by atoms with van der Waals surface area (Å²) in [6, 6.07) is 0. The van der Waals surface area contributed by atoms with Gasteiger partial charge in [-0.3, -0.25) is 14.3 Å². The Morgan fingerprint density at radius 3 is 2.50 bits per heavy atom. The topological polar surface area (TPSA) is 116 Å². The minimum atomic E-state index is -0.691. The largest absolute Gasteiger partial charge is 0.462 e. The van der Waals surface area contributed by atoms with Crippen LogP contribution < -0.4 is 11.1 Å². The molecule has 0 aromatic carbocycles. The summed E-state index contributed by atoms with van der Waals surface area (Å²) in [7, 11) is 1.66. The van der Waals surface area contributed by atoms with Crippen molar-refractivity contribution in [1.29, 1.82) is 0 Å². The molecule has 0 aliphatic carbocycles. The number of rotatable bonds is 6. The van der Waals surface area contributed by atoms with E-state index in [9.17, 15) is 14.4 Å².